The molecule has 2 aromatic carbocycles. The summed E-state index contributed by atoms with van der Waals surface area (Å²) >= 11 is 5.91. The highest BCUT2D eigenvalue weighted by atomic mass is 35.5. The SMILES string of the molecule is COc1ccccc1NC(=O)c1ccnc(N2CCC(C(=O)NCc3ccc(Cl)cc3)CC2)c1. The number of nitrogens with zero attached hydrogens (tertiary/aromatic N) is 2. The Morgan fingerprint density at radius 3 is 2.56 bits per heavy atom. The Bertz CT molecular complexity index is 1140. The number of amides is 2. The average molecular weight is 479 g/mol. The fraction of sp³-hybridized carbons (Fsp3) is 0.269. The lowest BCUT2D eigenvalue weighted by Crippen LogP contribution is -2.40. The van der Waals surface area contributed by atoms with Gasteiger partial charge in [0, 0.05) is 42.3 Å². The summed E-state index contributed by atoms with van der Waals surface area (Å²) in [6.07, 6.45) is 3.09. The standard InChI is InChI=1S/C26H27ClN4O3/c1-34-23-5-3-2-4-22(23)30-26(33)20-10-13-28-24(16-20)31-14-11-19(12-15-31)25(32)29-17-18-6-8-21(27)9-7-18/h2-10,13,16,19H,11-12,14-15,17H2,1H3,(H,29,32)(H,30,33). The van der Waals surface area contributed by atoms with E-state index in [1.807, 2.05) is 36.4 Å². The number of pyridine rings is 1. The van der Waals surface area contributed by atoms with Crippen LogP contribution in [0.3, 0.4) is 0 Å². The quantitative estimate of drug-likeness (QED) is 0.521. The van der Waals surface area contributed by atoms with Crippen LogP contribution in [-0.2, 0) is 11.3 Å². The largest absolute Gasteiger partial charge is 0.495 e. The highest BCUT2D eigenvalue weighted by Crippen LogP contribution is 2.25. The zero-order valence-electron chi connectivity index (χ0n) is 19.0. The van der Waals surface area contributed by atoms with Crippen molar-refractivity contribution < 1.29 is 14.3 Å². The normalized spacial score (nSPS) is 13.9. The molecule has 0 bridgehead atoms. The molecule has 0 atom stereocenters. The number of anilines is 2. The number of para-hydroxylation sites is 2. The summed E-state index contributed by atoms with van der Waals surface area (Å²) in [5, 5.41) is 6.59. The van der Waals surface area contributed by atoms with Crippen molar-refractivity contribution in [2.75, 3.05) is 30.4 Å². The molecule has 3 aromatic rings. The van der Waals surface area contributed by atoms with Gasteiger partial charge in [-0.3, -0.25) is 9.59 Å². The first-order valence-electron chi connectivity index (χ1n) is 11.2. The summed E-state index contributed by atoms with van der Waals surface area (Å²) < 4.78 is 5.30. The molecule has 1 fully saturated rings. The third-order valence-corrected chi connectivity index (χ3v) is 6.18. The number of nitrogens with one attached hydrogen (secondary N) is 2. The van der Waals surface area contributed by atoms with Crippen LogP contribution in [0.2, 0.25) is 5.02 Å². The van der Waals surface area contributed by atoms with Gasteiger partial charge >= 0.3 is 0 Å². The lowest BCUT2D eigenvalue weighted by molar-refractivity contribution is -0.125. The van der Waals surface area contributed by atoms with Crippen LogP contribution in [-0.4, -0.2) is 37.0 Å². The fourth-order valence-corrected chi connectivity index (χ4v) is 4.11. The minimum atomic E-state index is -0.232. The monoisotopic (exact) mass is 478 g/mol. The van der Waals surface area contributed by atoms with E-state index in [4.69, 9.17) is 16.3 Å². The predicted molar refractivity (Wildman–Crippen MR) is 133 cm³/mol. The number of ether oxygens (including phenoxy) is 1. The van der Waals surface area contributed by atoms with Crippen molar-refractivity contribution >= 4 is 34.9 Å². The summed E-state index contributed by atoms with van der Waals surface area (Å²) in [4.78, 5) is 32.0. The number of carbonyl (C=O) groups is 2. The number of piperidine rings is 1. The maximum absolute atomic E-state index is 12.8. The molecule has 1 aliphatic rings. The second-order valence-corrected chi connectivity index (χ2v) is 8.60. The Morgan fingerprint density at radius 2 is 1.82 bits per heavy atom. The van der Waals surface area contributed by atoms with Gasteiger partial charge < -0.3 is 20.3 Å². The second kappa shape index (κ2) is 11.0. The summed E-state index contributed by atoms with van der Waals surface area (Å²) in [6.45, 7) is 1.88. The zero-order chi connectivity index (χ0) is 23.9. The van der Waals surface area contributed by atoms with Gasteiger partial charge in [-0.2, -0.15) is 0 Å². The molecule has 0 saturated carbocycles. The van der Waals surface area contributed by atoms with Gasteiger partial charge in [-0.05, 0) is 54.8 Å². The molecule has 34 heavy (non-hydrogen) atoms. The topological polar surface area (TPSA) is 83.6 Å². The van der Waals surface area contributed by atoms with E-state index in [2.05, 4.69) is 20.5 Å². The number of carbonyl (C=O) groups excluding carboxylic acids is 2. The zero-order valence-corrected chi connectivity index (χ0v) is 19.7. The molecule has 2 heterocycles. The van der Waals surface area contributed by atoms with Gasteiger partial charge in [0.05, 0.1) is 12.8 Å². The van der Waals surface area contributed by atoms with Crippen molar-refractivity contribution in [3.8, 4) is 5.75 Å². The molecule has 176 valence electrons. The highest BCUT2D eigenvalue weighted by Gasteiger charge is 2.26. The second-order valence-electron chi connectivity index (χ2n) is 8.16. The summed E-state index contributed by atoms with van der Waals surface area (Å²) in [7, 11) is 1.57. The van der Waals surface area contributed by atoms with E-state index in [-0.39, 0.29) is 17.7 Å². The van der Waals surface area contributed by atoms with E-state index >= 15 is 0 Å². The van der Waals surface area contributed by atoms with E-state index in [0.717, 1.165) is 24.2 Å². The molecule has 8 heteroatoms. The molecule has 2 amide bonds. The molecule has 0 unspecified atom stereocenters. The van der Waals surface area contributed by atoms with E-state index in [1.165, 1.54) is 0 Å². The van der Waals surface area contributed by atoms with Crippen molar-refractivity contribution in [1.82, 2.24) is 10.3 Å². The lowest BCUT2D eigenvalue weighted by atomic mass is 9.95. The Labute approximate surface area is 204 Å². The molecular weight excluding hydrogens is 452 g/mol. The molecule has 0 spiro atoms. The number of methoxy groups -OCH3 is 1. The van der Waals surface area contributed by atoms with Crippen molar-refractivity contribution in [2.45, 2.75) is 19.4 Å². The lowest BCUT2D eigenvalue weighted by Gasteiger charge is -2.32. The van der Waals surface area contributed by atoms with Crippen molar-refractivity contribution in [3.63, 3.8) is 0 Å². The minimum absolute atomic E-state index is 0.0411. The van der Waals surface area contributed by atoms with E-state index in [1.54, 1.807) is 37.6 Å². The van der Waals surface area contributed by atoms with Crippen LogP contribution in [0.25, 0.3) is 0 Å². The molecule has 0 radical (unpaired) electrons. The van der Waals surface area contributed by atoms with Crippen LogP contribution in [0, 0.1) is 5.92 Å². The van der Waals surface area contributed by atoms with Crippen LogP contribution in [0.4, 0.5) is 11.5 Å². The van der Waals surface area contributed by atoms with Crippen LogP contribution in [0.5, 0.6) is 5.75 Å². The summed E-state index contributed by atoms with van der Waals surface area (Å²) in [6, 6.07) is 18.2. The van der Waals surface area contributed by atoms with Crippen LogP contribution >= 0.6 is 11.6 Å². The predicted octanol–water partition coefficient (Wildman–Crippen LogP) is 4.53. The first-order valence-corrected chi connectivity index (χ1v) is 11.6. The Morgan fingerprint density at radius 1 is 1.09 bits per heavy atom. The Kier molecular flexibility index (Phi) is 7.65. The first kappa shape index (κ1) is 23.6. The van der Waals surface area contributed by atoms with Gasteiger partial charge in [-0.1, -0.05) is 35.9 Å². The van der Waals surface area contributed by atoms with E-state index in [0.29, 0.717) is 41.7 Å². The van der Waals surface area contributed by atoms with Gasteiger partial charge in [0.1, 0.15) is 11.6 Å². The highest BCUT2D eigenvalue weighted by molar-refractivity contribution is 6.30. The van der Waals surface area contributed by atoms with Crippen molar-refractivity contribution in [1.29, 1.82) is 0 Å². The smallest absolute Gasteiger partial charge is 0.255 e. The van der Waals surface area contributed by atoms with Gasteiger partial charge in [-0.15, -0.1) is 0 Å². The number of halogens is 1. The van der Waals surface area contributed by atoms with Crippen LogP contribution in [0.15, 0.2) is 66.9 Å². The molecule has 1 aromatic heterocycles. The Balaban J connectivity index is 1.32. The van der Waals surface area contributed by atoms with Crippen molar-refractivity contribution in [2.24, 2.45) is 5.92 Å². The number of aromatic nitrogens is 1. The molecule has 0 aliphatic carbocycles. The maximum Gasteiger partial charge on any atom is 0.255 e. The van der Waals surface area contributed by atoms with Gasteiger partial charge in [0.25, 0.3) is 5.91 Å². The molecule has 1 saturated heterocycles. The Hall–Kier alpha value is -3.58. The molecule has 1 aliphatic heterocycles. The fourth-order valence-electron chi connectivity index (χ4n) is 3.98. The van der Waals surface area contributed by atoms with E-state index in [9.17, 15) is 9.59 Å². The number of rotatable bonds is 7. The maximum atomic E-state index is 12.8. The number of hydrogen-bond donors (Lipinski definition) is 2. The summed E-state index contributed by atoms with van der Waals surface area (Å²) in [5.41, 5.74) is 2.14. The van der Waals surface area contributed by atoms with Crippen molar-refractivity contribution in [3.05, 3.63) is 83.0 Å². The van der Waals surface area contributed by atoms with Crippen LogP contribution in [0.1, 0.15) is 28.8 Å². The van der Waals surface area contributed by atoms with E-state index < -0.39 is 0 Å². The first-order chi connectivity index (χ1) is 16.5. The molecule has 2 N–H and O–H groups in total. The van der Waals surface area contributed by atoms with Gasteiger partial charge in [0.15, 0.2) is 0 Å². The van der Waals surface area contributed by atoms with Gasteiger partial charge in [0.2, 0.25) is 5.91 Å². The minimum Gasteiger partial charge on any atom is -0.495 e. The van der Waals surface area contributed by atoms with Gasteiger partial charge in [-0.25, -0.2) is 4.98 Å². The summed E-state index contributed by atoms with van der Waals surface area (Å²) in [5.74, 6) is 1.12. The average Bonchev–Trinajstić information content (AvgIpc) is 2.88. The molecular formula is C26H27ClN4O3. The third-order valence-electron chi connectivity index (χ3n) is 5.93. The molecule has 4 rings (SSSR count). The number of benzene rings is 2. The molecule has 7 nitrogen and oxygen atoms in total. The third kappa shape index (κ3) is 5.85. The number of hydrogen-bond acceptors (Lipinski definition) is 5. The van der Waals surface area contributed by atoms with Crippen LogP contribution < -0.4 is 20.3 Å².